The number of methoxy groups -OCH3 is 1. The van der Waals surface area contributed by atoms with Crippen LogP contribution >= 0.6 is 15.9 Å². The summed E-state index contributed by atoms with van der Waals surface area (Å²) in [5.41, 5.74) is 3.03. The highest BCUT2D eigenvalue weighted by Gasteiger charge is 2.55. The Kier molecular flexibility index (Phi) is 6.73. The van der Waals surface area contributed by atoms with Crippen molar-refractivity contribution in [1.29, 1.82) is 0 Å². The number of amides is 3. The van der Waals surface area contributed by atoms with Gasteiger partial charge in [-0.05, 0) is 64.4 Å². The number of nitrogens with zero attached hydrogens (tertiary/aromatic N) is 6. The molecule has 4 aromatic carbocycles. The van der Waals surface area contributed by atoms with Crippen LogP contribution in [0.25, 0.3) is 10.8 Å². The molecule has 0 saturated carbocycles. The van der Waals surface area contributed by atoms with E-state index in [0.29, 0.717) is 17.9 Å². The third kappa shape index (κ3) is 4.75. The van der Waals surface area contributed by atoms with Gasteiger partial charge in [-0.3, -0.25) is 19.4 Å². The number of imide groups is 1. The van der Waals surface area contributed by atoms with Crippen molar-refractivity contribution in [1.82, 2.24) is 10.0 Å². The lowest BCUT2D eigenvalue weighted by Gasteiger charge is -2.25. The van der Waals surface area contributed by atoms with Gasteiger partial charge in [0.05, 0.1) is 24.6 Å². The molecule has 0 aromatic heterocycles. The summed E-state index contributed by atoms with van der Waals surface area (Å²) in [5.74, 6) is -0.592. The van der Waals surface area contributed by atoms with Gasteiger partial charge in [0.15, 0.2) is 12.1 Å². The Bertz CT molecular complexity index is 1820. The van der Waals surface area contributed by atoms with Gasteiger partial charge in [0.1, 0.15) is 12.3 Å². The molecule has 0 spiro atoms. The number of carbonyl (C=O) groups is 3. The Morgan fingerprint density at radius 2 is 1.67 bits per heavy atom. The second-order valence-corrected chi connectivity index (χ2v) is 11.4. The fourth-order valence-electron chi connectivity index (χ4n) is 5.78. The van der Waals surface area contributed by atoms with Gasteiger partial charge >= 0.3 is 0 Å². The summed E-state index contributed by atoms with van der Waals surface area (Å²) in [6.45, 7) is -0.265. The van der Waals surface area contributed by atoms with Gasteiger partial charge in [0, 0.05) is 10.9 Å². The maximum Gasteiger partial charge on any atom is 0.264 e. The summed E-state index contributed by atoms with van der Waals surface area (Å²) in [4.78, 5) is 41.6. The maximum absolute atomic E-state index is 13.9. The summed E-state index contributed by atoms with van der Waals surface area (Å²) in [7, 11) is 1.60. The van der Waals surface area contributed by atoms with Crippen LogP contribution < -0.4 is 9.64 Å². The van der Waals surface area contributed by atoms with Crippen molar-refractivity contribution in [3.63, 3.8) is 0 Å². The highest BCUT2D eigenvalue weighted by molar-refractivity contribution is 9.10. The number of hydrazone groups is 1. The summed E-state index contributed by atoms with van der Waals surface area (Å²) in [6.07, 6.45) is 0.499. The number of hydrogen-bond acceptors (Lipinski definition) is 8. The number of ether oxygens (including phenoxy) is 1. The standard InChI is InChI=1S/C32H25BrN6O4/c1-43-25-14-8-20(9-15-25)27-17-26(22-7-6-19-4-2-3-5-21(19)16-22)35-39(27)28(40)18-37-30-29(34-36-37)31(41)38(32(30)42)24-12-10-23(33)11-13-24/h2-16,27,29-30H,17-18H2,1H3/t27-,29+,30-/m1/s1. The second-order valence-electron chi connectivity index (χ2n) is 10.5. The highest BCUT2D eigenvalue weighted by Crippen LogP contribution is 2.36. The molecule has 0 unspecified atom stereocenters. The van der Waals surface area contributed by atoms with Crippen molar-refractivity contribution >= 4 is 55.8 Å². The minimum Gasteiger partial charge on any atom is -0.497 e. The molecule has 0 radical (unpaired) electrons. The Morgan fingerprint density at radius 3 is 2.42 bits per heavy atom. The van der Waals surface area contributed by atoms with E-state index in [1.165, 1.54) is 10.0 Å². The molecule has 3 aliphatic heterocycles. The van der Waals surface area contributed by atoms with Crippen LogP contribution in [0.4, 0.5) is 5.69 Å². The Morgan fingerprint density at radius 1 is 0.930 bits per heavy atom. The van der Waals surface area contributed by atoms with Crippen LogP contribution in [0.3, 0.4) is 0 Å². The molecule has 11 heteroatoms. The number of anilines is 1. The molecule has 1 fully saturated rings. The minimum atomic E-state index is -1.00. The highest BCUT2D eigenvalue weighted by atomic mass is 79.9. The van der Waals surface area contributed by atoms with Crippen molar-refractivity contribution in [2.75, 3.05) is 18.6 Å². The second kappa shape index (κ2) is 10.7. The Balaban J connectivity index is 1.17. The quantitative estimate of drug-likeness (QED) is 0.268. The molecule has 10 nitrogen and oxygen atoms in total. The largest absolute Gasteiger partial charge is 0.497 e. The molecule has 43 heavy (non-hydrogen) atoms. The molecule has 0 N–H and O–H groups in total. The Labute approximate surface area is 255 Å². The zero-order valence-electron chi connectivity index (χ0n) is 23.0. The van der Waals surface area contributed by atoms with Crippen molar-refractivity contribution in [3.8, 4) is 5.75 Å². The molecule has 1 saturated heterocycles. The summed E-state index contributed by atoms with van der Waals surface area (Å²) in [5, 5.41) is 17.9. The predicted molar refractivity (Wildman–Crippen MR) is 163 cm³/mol. The number of benzene rings is 4. The lowest BCUT2D eigenvalue weighted by Crippen LogP contribution is -2.44. The fraction of sp³-hybridized carbons (Fsp3) is 0.188. The first-order valence-electron chi connectivity index (χ1n) is 13.7. The lowest BCUT2D eigenvalue weighted by atomic mass is 9.97. The smallest absolute Gasteiger partial charge is 0.264 e. The van der Waals surface area contributed by atoms with Crippen LogP contribution in [0.5, 0.6) is 5.75 Å². The number of rotatable bonds is 6. The Hall–Kier alpha value is -4.90. The van der Waals surface area contributed by atoms with E-state index in [1.807, 2.05) is 54.6 Å². The van der Waals surface area contributed by atoms with E-state index in [9.17, 15) is 14.4 Å². The zero-order valence-corrected chi connectivity index (χ0v) is 24.6. The van der Waals surface area contributed by atoms with Crippen molar-refractivity contribution in [3.05, 3.63) is 107 Å². The lowest BCUT2D eigenvalue weighted by molar-refractivity contribution is -0.135. The molecule has 0 bridgehead atoms. The molecule has 3 heterocycles. The third-order valence-electron chi connectivity index (χ3n) is 7.99. The van der Waals surface area contributed by atoms with Gasteiger partial charge in [-0.15, -0.1) is 0 Å². The van der Waals surface area contributed by atoms with Crippen LogP contribution in [-0.2, 0) is 14.4 Å². The number of carbonyl (C=O) groups excluding carboxylic acids is 3. The molecule has 3 amide bonds. The van der Waals surface area contributed by atoms with Gasteiger partial charge in [-0.1, -0.05) is 69.7 Å². The van der Waals surface area contributed by atoms with E-state index < -0.39 is 23.9 Å². The maximum atomic E-state index is 13.9. The first-order valence-corrected chi connectivity index (χ1v) is 14.5. The van der Waals surface area contributed by atoms with E-state index in [4.69, 9.17) is 9.84 Å². The molecular weight excluding hydrogens is 612 g/mol. The van der Waals surface area contributed by atoms with Crippen molar-refractivity contribution in [2.24, 2.45) is 15.4 Å². The molecule has 0 aliphatic carbocycles. The average Bonchev–Trinajstić information content (AvgIpc) is 3.73. The van der Waals surface area contributed by atoms with Crippen LogP contribution in [0.1, 0.15) is 23.6 Å². The average molecular weight is 637 g/mol. The first-order chi connectivity index (χ1) is 20.9. The van der Waals surface area contributed by atoms with Crippen LogP contribution in [0.15, 0.2) is 111 Å². The molecule has 4 aromatic rings. The minimum absolute atomic E-state index is 0.265. The van der Waals surface area contributed by atoms with Gasteiger partial charge in [-0.25, -0.2) is 9.91 Å². The topological polar surface area (TPSA) is 107 Å². The van der Waals surface area contributed by atoms with Gasteiger partial charge < -0.3 is 4.74 Å². The van der Waals surface area contributed by atoms with Crippen molar-refractivity contribution in [2.45, 2.75) is 24.5 Å². The summed E-state index contributed by atoms with van der Waals surface area (Å²) >= 11 is 3.37. The van der Waals surface area contributed by atoms with Crippen LogP contribution in [-0.4, -0.2) is 59.2 Å². The molecule has 7 rings (SSSR count). The normalized spacial score (nSPS) is 21.1. The molecular formula is C32H25BrN6O4. The third-order valence-corrected chi connectivity index (χ3v) is 8.52. The summed E-state index contributed by atoms with van der Waals surface area (Å²) < 4.78 is 6.15. The summed E-state index contributed by atoms with van der Waals surface area (Å²) in [6, 6.07) is 26.3. The van der Waals surface area contributed by atoms with E-state index in [-0.39, 0.29) is 18.5 Å². The van der Waals surface area contributed by atoms with Crippen molar-refractivity contribution < 1.29 is 19.1 Å². The van der Waals surface area contributed by atoms with Crippen LogP contribution in [0.2, 0.25) is 0 Å². The number of hydrogen-bond donors (Lipinski definition) is 0. The molecule has 3 aliphatic rings. The van der Waals surface area contributed by atoms with Gasteiger partial charge in [0.25, 0.3) is 17.7 Å². The van der Waals surface area contributed by atoms with E-state index >= 15 is 0 Å². The number of halogens is 1. The van der Waals surface area contributed by atoms with E-state index in [1.54, 1.807) is 31.4 Å². The van der Waals surface area contributed by atoms with E-state index in [2.05, 4.69) is 38.4 Å². The monoisotopic (exact) mass is 636 g/mol. The SMILES string of the molecule is COc1ccc([C@H]2CC(c3ccc4ccccc4c3)=NN2C(=O)CN2N=N[C@@H]3C(=O)N(c4ccc(Br)cc4)C(=O)[C@@H]32)cc1. The first kappa shape index (κ1) is 27.0. The fourth-order valence-corrected chi connectivity index (χ4v) is 6.04. The zero-order chi connectivity index (χ0) is 29.7. The number of fused-ring (bicyclic) bond motifs is 2. The van der Waals surface area contributed by atoms with Crippen LogP contribution in [0, 0.1) is 0 Å². The molecule has 214 valence electrons. The van der Waals surface area contributed by atoms with E-state index in [0.717, 1.165) is 37.0 Å². The molecule has 3 atom stereocenters. The predicted octanol–water partition coefficient (Wildman–Crippen LogP) is 5.28. The van der Waals surface area contributed by atoms with Gasteiger partial charge in [-0.2, -0.15) is 10.2 Å². The van der Waals surface area contributed by atoms with Gasteiger partial charge in [0.2, 0.25) is 0 Å².